The van der Waals surface area contributed by atoms with Crippen molar-refractivity contribution in [2.24, 2.45) is 0 Å². The van der Waals surface area contributed by atoms with E-state index in [2.05, 4.69) is 20.8 Å². The van der Waals surface area contributed by atoms with Crippen molar-refractivity contribution in [2.45, 2.75) is 26.6 Å². The minimum absolute atomic E-state index is 0.107. The first kappa shape index (κ1) is 16.1. The van der Waals surface area contributed by atoms with Gasteiger partial charge in [-0.05, 0) is 53.1 Å². The van der Waals surface area contributed by atoms with E-state index in [1.165, 1.54) is 0 Å². The van der Waals surface area contributed by atoms with Gasteiger partial charge in [0.05, 0.1) is 6.54 Å². The van der Waals surface area contributed by atoms with E-state index in [1.54, 1.807) is 40.3 Å². The standard InChI is InChI=1S/C16H17N5O2S/c1-2-21-15(18-19-20-21)11-23-13-7-5-12(6-8-13)16(22)17-10-14-4-3-9-24-14/h3-9H,2,10-11H2,1H3,(H,17,22). The maximum atomic E-state index is 12.1. The van der Waals surface area contributed by atoms with E-state index in [9.17, 15) is 4.79 Å². The molecule has 24 heavy (non-hydrogen) atoms. The Balaban J connectivity index is 1.53. The highest BCUT2D eigenvalue weighted by molar-refractivity contribution is 7.09. The van der Waals surface area contributed by atoms with Crippen LogP contribution in [0.4, 0.5) is 0 Å². The number of nitrogens with one attached hydrogen (secondary N) is 1. The second kappa shape index (κ2) is 7.69. The van der Waals surface area contributed by atoms with E-state index in [4.69, 9.17) is 4.74 Å². The van der Waals surface area contributed by atoms with Crippen molar-refractivity contribution in [3.05, 3.63) is 58.0 Å². The molecule has 0 fully saturated rings. The zero-order valence-electron chi connectivity index (χ0n) is 13.2. The number of tetrazole rings is 1. The van der Waals surface area contributed by atoms with Gasteiger partial charge >= 0.3 is 0 Å². The lowest BCUT2D eigenvalue weighted by Gasteiger charge is -2.07. The van der Waals surface area contributed by atoms with Crippen molar-refractivity contribution in [3.8, 4) is 5.75 Å². The lowest BCUT2D eigenvalue weighted by molar-refractivity contribution is 0.0951. The van der Waals surface area contributed by atoms with Crippen molar-refractivity contribution in [2.75, 3.05) is 0 Å². The molecule has 0 aliphatic carbocycles. The van der Waals surface area contributed by atoms with Crippen LogP contribution in [-0.2, 0) is 19.7 Å². The Kier molecular flexibility index (Phi) is 5.17. The van der Waals surface area contributed by atoms with Crippen molar-refractivity contribution in [3.63, 3.8) is 0 Å². The number of rotatable bonds is 7. The van der Waals surface area contributed by atoms with Gasteiger partial charge in [-0.25, -0.2) is 4.68 Å². The first-order valence-electron chi connectivity index (χ1n) is 7.54. The molecule has 0 aliphatic heterocycles. The quantitative estimate of drug-likeness (QED) is 0.711. The Morgan fingerprint density at radius 2 is 2.12 bits per heavy atom. The van der Waals surface area contributed by atoms with Gasteiger partial charge in [-0.15, -0.1) is 16.4 Å². The van der Waals surface area contributed by atoms with Crippen LogP contribution < -0.4 is 10.1 Å². The molecule has 3 aromatic rings. The highest BCUT2D eigenvalue weighted by atomic mass is 32.1. The van der Waals surface area contributed by atoms with Crippen LogP contribution in [0.2, 0.25) is 0 Å². The van der Waals surface area contributed by atoms with Gasteiger partial charge in [0.25, 0.3) is 5.91 Å². The van der Waals surface area contributed by atoms with Crippen LogP contribution in [0.3, 0.4) is 0 Å². The third kappa shape index (κ3) is 3.96. The third-order valence-corrected chi connectivity index (χ3v) is 4.27. The number of aryl methyl sites for hydroxylation is 1. The van der Waals surface area contributed by atoms with E-state index in [-0.39, 0.29) is 12.5 Å². The first-order chi connectivity index (χ1) is 11.8. The largest absolute Gasteiger partial charge is 0.486 e. The Morgan fingerprint density at radius 3 is 2.83 bits per heavy atom. The van der Waals surface area contributed by atoms with Gasteiger partial charge in [-0.1, -0.05) is 6.07 Å². The fourth-order valence-electron chi connectivity index (χ4n) is 2.11. The number of aromatic nitrogens is 4. The highest BCUT2D eigenvalue weighted by Gasteiger charge is 2.08. The fourth-order valence-corrected chi connectivity index (χ4v) is 2.75. The number of ether oxygens (including phenoxy) is 1. The molecule has 0 spiro atoms. The molecule has 0 atom stereocenters. The summed E-state index contributed by atoms with van der Waals surface area (Å²) >= 11 is 1.62. The minimum atomic E-state index is -0.107. The number of hydrogen-bond acceptors (Lipinski definition) is 6. The minimum Gasteiger partial charge on any atom is -0.486 e. The Hall–Kier alpha value is -2.74. The summed E-state index contributed by atoms with van der Waals surface area (Å²) in [5.41, 5.74) is 0.595. The van der Waals surface area contributed by atoms with E-state index in [0.29, 0.717) is 30.2 Å². The van der Waals surface area contributed by atoms with Crippen LogP contribution in [-0.4, -0.2) is 26.1 Å². The van der Waals surface area contributed by atoms with E-state index >= 15 is 0 Å². The molecule has 0 saturated heterocycles. The van der Waals surface area contributed by atoms with Gasteiger partial charge < -0.3 is 10.1 Å². The van der Waals surface area contributed by atoms with E-state index in [1.807, 2.05) is 24.4 Å². The van der Waals surface area contributed by atoms with Crippen LogP contribution in [0.15, 0.2) is 41.8 Å². The number of nitrogens with zero attached hydrogens (tertiary/aromatic N) is 4. The molecule has 0 saturated carbocycles. The number of carbonyl (C=O) groups excluding carboxylic acids is 1. The zero-order valence-corrected chi connectivity index (χ0v) is 14.0. The smallest absolute Gasteiger partial charge is 0.251 e. The number of benzene rings is 1. The highest BCUT2D eigenvalue weighted by Crippen LogP contribution is 2.14. The molecular formula is C16H17N5O2S. The van der Waals surface area contributed by atoms with Crippen molar-refractivity contribution in [1.29, 1.82) is 0 Å². The summed E-state index contributed by atoms with van der Waals surface area (Å²) in [5, 5.41) is 16.3. The Morgan fingerprint density at radius 1 is 1.29 bits per heavy atom. The average molecular weight is 343 g/mol. The molecule has 1 amide bonds. The molecule has 7 nitrogen and oxygen atoms in total. The van der Waals surface area contributed by atoms with E-state index < -0.39 is 0 Å². The van der Waals surface area contributed by atoms with Crippen LogP contribution in [0.25, 0.3) is 0 Å². The number of thiophene rings is 1. The van der Waals surface area contributed by atoms with Crippen LogP contribution >= 0.6 is 11.3 Å². The monoisotopic (exact) mass is 343 g/mol. The molecule has 1 N–H and O–H groups in total. The van der Waals surface area contributed by atoms with Gasteiger partial charge in [-0.2, -0.15) is 0 Å². The fraction of sp³-hybridized carbons (Fsp3) is 0.250. The summed E-state index contributed by atoms with van der Waals surface area (Å²) in [5.74, 6) is 1.22. The number of amides is 1. The van der Waals surface area contributed by atoms with Crippen LogP contribution in [0.1, 0.15) is 28.0 Å². The summed E-state index contributed by atoms with van der Waals surface area (Å²) in [6.07, 6.45) is 0. The van der Waals surface area contributed by atoms with E-state index in [0.717, 1.165) is 4.88 Å². The van der Waals surface area contributed by atoms with Gasteiger partial charge in [0.1, 0.15) is 12.4 Å². The molecule has 0 bridgehead atoms. The Bertz CT molecular complexity index is 783. The number of hydrogen-bond donors (Lipinski definition) is 1. The predicted molar refractivity (Wildman–Crippen MR) is 89.8 cm³/mol. The first-order valence-corrected chi connectivity index (χ1v) is 8.42. The second-order valence-corrected chi connectivity index (χ2v) is 6.02. The predicted octanol–water partition coefficient (Wildman–Crippen LogP) is 2.26. The van der Waals surface area contributed by atoms with Gasteiger partial charge in [-0.3, -0.25) is 4.79 Å². The molecule has 1 aromatic carbocycles. The normalized spacial score (nSPS) is 10.5. The Labute approximate surface area is 143 Å². The van der Waals surface area contributed by atoms with Gasteiger partial charge in [0, 0.05) is 17.0 Å². The van der Waals surface area contributed by atoms with Crippen molar-refractivity contribution in [1.82, 2.24) is 25.5 Å². The summed E-state index contributed by atoms with van der Waals surface area (Å²) in [6.45, 7) is 3.47. The van der Waals surface area contributed by atoms with Gasteiger partial charge in [0.15, 0.2) is 5.82 Å². The summed E-state index contributed by atoms with van der Waals surface area (Å²) in [7, 11) is 0. The number of carbonyl (C=O) groups is 1. The third-order valence-electron chi connectivity index (χ3n) is 3.39. The topological polar surface area (TPSA) is 81.9 Å². The molecular weight excluding hydrogens is 326 g/mol. The summed E-state index contributed by atoms with van der Waals surface area (Å²) in [4.78, 5) is 13.2. The zero-order chi connectivity index (χ0) is 16.8. The van der Waals surface area contributed by atoms with Crippen LogP contribution in [0, 0.1) is 0 Å². The van der Waals surface area contributed by atoms with Gasteiger partial charge in [0.2, 0.25) is 0 Å². The maximum Gasteiger partial charge on any atom is 0.251 e. The molecule has 0 radical (unpaired) electrons. The average Bonchev–Trinajstić information content (AvgIpc) is 3.29. The van der Waals surface area contributed by atoms with Crippen LogP contribution in [0.5, 0.6) is 5.75 Å². The molecule has 2 aromatic heterocycles. The molecule has 0 unspecified atom stereocenters. The lowest BCUT2D eigenvalue weighted by atomic mass is 10.2. The summed E-state index contributed by atoms with van der Waals surface area (Å²) in [6, 6.07) is 11.0. The lowest BCUT2D eigenvalue weighted by Crippen LogP contribution is -2.22. The van der Waals surface area contributed by atoms with Crippen molar-refractivity contribution < 1.29 is 9.53 Å². The summed E-state index contributed by atoms with van der Waals surface area (Å²) < 4.78 is 7.33. The maximum absolute atomic E-state index is 12.1. The molecule has 8 heteroatoms. The van der Waals surface area contributed by atoms with Crippen molar-refractivity contribution >= 4 is 17.2 Å². The molecule has 2 heterocycles. The second-order valence-electron chi connectivity index (χ2n) is 4.99. The molecule has 124 valence electrons. The molecule has 0 aliphatic rings. The molecule has 3 rings (SSSR count). The SMILES string of the molecule is CCn1nnnc1COc1ccc(C(=O)NCc2cccs2)cc1.